The van der Waals surface area contributed by atoms with Gasteiger partial charge in [-0.1, -0.05) is 6.92 Å². The highest BCUT2D eigenvalue weighted by Gasteiger charge is 2.48. The van der Waals surface area contributed by atoms with Crippen molar-refractivity contribution < 1.29 is 22.0 Å². The van der Waals surface area contributed by atoms with Gasteiger partial charge in [0.1, 0.15) is 0 Å². The fraction of sp³-hybridized carbons (Fsp3) is 0.778. The van der Waals surface area contributed by atoms with Crippen LogP contribution in [0.1, 0.15) is 25.1 Å². The maximum atomic E-state index is 12.8. The Hall–Kier alpha value is -1.18. The van der Waals surface area contributed by atoms with Gasteiger partial charge in [0, 0.05) is 13.0 Å². The van der Waals surface area contributed by atoms with E-state index in [2.05, 4.69) is 19.9 Å². The molecule has 98 valence electrons. The lowest BCUT2D eigenvalue weighted by Gasteiger charge is -2.09. The van der Waals surface area contributed by atoms with Crippen LogP contribution < -0.4 is 5.32 Å². The third-order valence-corrected chi connectivity index (χ3v) is 1.97. The first-order chi connectivity index (χ1) is 7.98. The Balaban J connectivity index is 2.53. The summed E-state index contributed by atoms with van der Waals surface area (Å²) < 4.78 is 54.0. The molecule has 0 aliphatic heterocycles. The van der Waals surface area contributed by atoms with E-state index in [-0.39, 0.29) is 12.3 Å². The Labute approximate surface area is 95.4 Å². The average molecular weight is 255 g/mol. The number of hydrogen-bond donors (Lipinski definition) is 1. The van der Waals surface area contributed by atoms with Crippen molar-refractivity contribution in [1.82, 2.24) is 15.5 Å². The lowest BCUT2D eigenvalue weighted by molar-refractivity contribution is -0.151. The summed E-state index contributed by atoms with van der Waals surface area (Å²) in [6.45, 7) is 3.21. The van der Waals surface area contributed by atoms with Crippen LogP contribution in [0.25, 0.3) is 0 Å². The third-order valence-electron chi connectivity index (χ3n) is 1.97. The summed E-state index contributed by atoms with van der Waals surface area (Å²) in [5.74, 6) is -5.80. The highest BCUT2D eigenvalue weighted by molar-refractivity contribution is 4.93. The van der Waals surface area contributed by atoms with Crippen LogP contribution in [0, 0.1) is 0 Å². The SMILES string of the molecule is CCCNCCc1nnc(C(F)(F)C(F)F)o1. The van der Waals surface area contributed by atoms with Crippen molar-refractivity contribution in [2.45, 2.75) is 32.1 Å². The van der Waals surface area contributed by atoms with Crippen LogP contribution in [0.3, 0.4) is 0 Å². The molecule has 0 aliphatic carbocycles. The van der Waals surface area contributed by atoms with E-state index >= 15 is 0 Å². The summed E-state index contributed by atoms with van der Waals surface area (Å²) in [4.78, 5) is 0. The Morgan fingerprint density at radius 1 is 1.29 bits per heavy atom. The maximum absolute atomic E-state index is 12.8. The summed E-state index contributed by atoms with van der Waals surface area (Å²) in [6, 6.07) is 0. The lowest BCUT2D eigenvalue weighted by Crippen LogP contribution is -2.24. The molecular formula is C9H13F4N3O. The van der Waals surface area contributed by atoms with Crippen molar-refractivity contribution in [1.29, 1.82) is 0 Å². The molecule has 17 heavy (non-hydrogen) atoms. The van der Waals surface area contributed by atoms with E-state index in [1.54, 1.807) is 0 Å². The van der Waals surface area contributed by atoms with Gasteiger partial charge in [0.05, 0.1) is 0 Å². The summed E-state index contributed by atoms with van der Waals surface area (Å²) in [5, 5.41) is 9.22. The largest absolute Gasteiger partial charge is 0.419 e. The van der Waals surface area contributed by atoms with E-state index in [9.17, 15) is 17.6 Å². The number of alkyl halides is 4. The van der Waals surface area contributed by atoms with Crippen molar-refractivity contribution in [3.8, 4) is 0 Å². The summed E-state index contributed by atoms with van der Waals surface area (Å²) in [7, 11) is 0. The van der Waals surface area contributed by atoms with Gasteiger partial charge in [-0.25, -0.2) is 8.78 Å². The molecule has 0 amide bonds. The number of aromatic nitrogens is 2. The molecule has 0 saturated carbocycles. The predicted octanol–water partition coefficient (Wildman–Crippen LogP) is 1.97. The number of halogens is 4. The first-order valence-corrected chi connectivity index (χ1v) is 5.18. The molecule has 0 radical (unpaired) electrons. The van der Waals surface area contributed by atoms with Crippen LogP contribution in [0.4, 0.5) is 17.6 Å². The minimum Gasteiger partial charge on any atom is -0.419 e. The molecule has 1 aromatic rings. The lowest BCUT2D eigenvalue weighted by atomic mass is 10.3. The molecule has 1 rings (SSSR count). The van der Waals surface area contributed by atoms with Gasteiger partial charge in [-0.2, -0.15) is 8.78 Å². The molecule has 0 unspecified atom stereocenters. The van der Waals surface area contributed by atoms with Gasteiger partial charge >= 0.3 is 12.3 Å². The zero-order valence-electron chi connectivity index (χ0n) is 9.22. The Morgan fingerprint density at radius 3 is 2.59 bits per heavy atom. The first kappa shape index (κ1) is 13.9. The fourth-order valence-corrected chi connectivity index (χ4v) is 1.08. The van der Waals surface area contributed by atoms with Gasteiger partial charge < -0.3 is 9.73 Å². The molecule has 0 aromatic carbocycles. The quantitative estimate of drug-likeness (QED) is 0.597. The molecule has 1 N–H and O–H groups in total. The Bertz CT molecular complexity index is 343. The molecule has 0 spiro atoms. The number of nitrogens with zero attached hydrogens (tertiary/aromatic N) is 2. The Kier molecular flexibility index (Phi) is 4.86. The van der Waals surface area contributed by atoms with Gasteiger partial charge in [0.15, 0.2) is 0 Å². The van der Waals surface area contributed by atoms with Gasteiger partial charge in [0.25, 0.3) is 5.89 Å². The van der Waals surface area contributed by atoms with E-state index in [1.165, 1.54) is 0 Å². The highest BCUT2D eigenvalue weighted by atomic mass is 19.3. The maximum Gasteiger partial charge on any atom is 0.382 e. The molecule has 0 fully saturated rings. The molecule has 4 nitrogen and oxygen atoms in total. The van der Waals surface area contributed by atoms with E-state index in [0.717, 1.165) is 13.0 Å². The number of nitrogens with one attached hydrogen (secondary N) is 1. The summed E-state index contributed by atoms with van der Waals surface area (Å²) in [6.07, 6.45) is -2.70. The normalized spacial score (nSPS) is 12.4. The summed E-state index contributed by atoms with van der Waals surface area (Å²) in [5.41, 5.74) is 0. The second-order valence-electron chi connectivity index (χ2n) is 3.42. The first-order valence-electron chi connectivity index (χ1n) is 5.18. The zero-order valence-corrected chi connectivity index (χ0v) is 9.22. The van der Waals surface area contributed by atoms with Crippen LogP contribution in [0.15, 0.2) is 4.42 Å². The average Bonchev–Trinajstić information content (AvgIpc) is 2.73. The molecule has 0 atom stereocenters. The van der Waals surface area contributed by atoms with Gasteiger partial charge in [-0.3, -0.25) is 0 Å². The van der Waals surface area contributed by atoms with Crippen molar-refractivity contribution in [2.24, 2.45) is 0 Å². The predicted molar refractivity (Wildman–Crippen MR) is 51.1 cm³/mol. The van der Waals surface area contributed by atoms with E-state index in [0.29, 0.717) is 6.54 Å². The van der Waals surface area contributed by atoms with Crippen molar-refractivity contribution in [2.75, 3.05) is 13.1 Å². The van der Waals surface area contributed by atoms with E-state index in [4.69, 9.17) is 0 Å². The second-order valence-corrected chi connectivity index (χ2v) is 3.42. The standard InChI is InChI=1S/C9H13F4N3O/c1-2-4-14-5-3-6-15-16-8(17-6)9(12,13)7(10)11/h7,14H,2-5H2,1H3. The fourth-order valence-electron chi connectivity index (χ4n) is 1.08. The smallest absolute Gasteiger partial charge is 0.382 e. The topological polar surface area (TPSA) is 51.0 Å². The zero-order chi connectivity index (χ0) is 12.9. The minimum atomic E-state index is -4.39. The van der Waals surface area contributed by atoms with Crippen LogP contribution in [0.2, 0.25) is 0 Å². The molecule has 0 bridgehead atoms. The Morgan fingerprint density at radius 2 is 2.00 bits per heavy atom. The molecule has 8 heteroatoms. The van der Waals surface area contributed by atoms with Crippen molar-refractivity contribution in [3.63, 3.8) is 0 Å². The van der Waals surface area contributed by atoms with Crippen molar-refractivity contribution >= 4 is 0 Å². The van der Waals surface area contributed by atoms with Crippen LogP contribution in [-0.2, 0) is 12.3 Å². The van der Waals surface area contributed by atoms with Gasteiger partial charge in [-0.05, 0) is 13.0 Å². The molecule has 1 aromatic heterocycles. The van der Waals surface area contributed by atoms with Crippen LogP contribution in [-0.4, -0.2) is 29.7 Å². The monoisotopic (exact) mass is 255 g/mol. The van der Waals surface area contributed by atoms with Crippen molar-refractivity contribution in [3.05, 3.63) is 11.8 Å². The summed E-state index contributed by atoms with van der Waals surface area (Å²) >= 11 is 0. The third kappa shape index (κ3) is 3.65. The number of rotatable bonds is 7. The van der Waals surface area contributed by atoms with Crippen LogP contribution in [0.5, 0.6) is 0 Å². The molecular weight excluding hydrogens is 242 g/mol. The molecule has 0 saturated heterocycles. The van der Waals surface area contributed by atoms with E-state index in [1.807, 2.05) is 6.92 Å². The molecule has 1 heterocycles. The minimum absolute atomic E-state index is 0.0797. The molecule has 0 aliphatic rings. The van der Waals surface area contributed by atoms with Crippen LogP contribution >= 0.6 is 0 Å². The van der Waals surface area contributed by atoms with E-state index < -0.39 is 18.2 Å². The highest BCUT2D eigenvalue weighted by Crippen LogP contribution is 2.33. The second kappa shape index (κ2) is 5.95. The van der Waals surface area contributed by atoms with Gasteiger partial charge in [-0.15, -0.1) is 10.2 Å². The number of hydrogen-bond acceptors (Lipinski definition) is 4. The van der Waals surface area contributed by atoms with Gasteiger partial charge in [0.2, 0.25) is 5.89 Å².